The molecule has 1 heterocycles. The van der Waals surface area contributed by atoms with Crippen LogP contribution in [-0.4, -0.2) is 28.6 Å². The quantitative estimate of drug-likeness (QED) is 0.865. The van der Waals surface area contributed by atoms with Crippen molar-refractivity contribution in [2.24, 2.45) is 5.92 Å². The molecule has 0 saturated heterocycles. The second-order valence-electron chi connectivity index (χ2n) is 4.17. The second kappa shape index (κ2) is 5.17. The number of rotatable bonds is 5. The van der Waals surface area contributed by atoms with Crippen LogP contribution in [0, 0.1) is 5.92 Å². The summed E-state index contributed by atoms with van der Waals surface area (Å²) >= 11 is 6.09. The highest BCUT2D eigenvalue weighted by molar-refractivity contribution is 6.31. The van der Waals surface area contributed by atoms with Gasteiger partial charge < -0.3 is 9.84 Å². The number of methoxy groups -OCH3 is 1. The molecule has 1 aromatic heterocycles. The summed E-state index contributed by atoms with van der Waals surface area (Å²) in [4.78, 5) is 0. The van der Waals surface area contributed by atoms with E-state index in [9.17, 15) is 5.11 Å². The first kappa shape index (κ1) is 13.5. The highest BCUT2D eigenvalue weighted by atomic mass is 35.5. The van der Waals surface area contributed by atoms with Gasteiger partial charge in [0.25, 0.3) is 0 Å². The predicted octanol–water partition coefficient (Wildman–Crippen LogP) is 2.05. The van der Waals surface area contributed by atoms with Crippen LogP contribution in [-0.2, 0) is 16.9 Å². The van der Waals surface area contributed by atoms with Crippen molar-refractivity contribution in [2.75, 3.05) is 13.7 Å². The molecule has 1 rings (SSSR count). The summed E-state index contributed by atoms with van der Waals surface area (Å²) in [5, 5.41) is 15.3. The van der Waals surface area contributed by atoms with Gasteiger partial charge in [0.2, 0.25) is 0 Å². The number of aliphatic hydroxyl groups is 1. The van der Waals surface area contributed by atoms with E-state index in [0.29, 0.717) is 17.3 Å². The van der Waals surface area contributed by atoms with Crippen molar-refractivity contribution >= 4 is 11.6 Å². The van der Waals surface area contributed by atoms with Gasteiger partial charge in [-0.05, 0) is 12.8 Å². The minimum absolute atomic E-state index is 0.00745. The first-order valence-electron chi connectivity index (χ1n) is 5.40. The molecule has 0 aliphatic heterocycles. The molecular formula is C11H19ClN2O2. The van der Waals surface area contributed by atoms with E-state index in [1.807, 2.05) is 20.8 Å². The molecule has 0 radical (unpaired) electrons. The maximum Gasteiger partial charge on any atom is 0.133 e. The van der Waals surface area contributed by atoms with E-state index in [1.54, 1.807) is 18.0 Å². The molecule has 0 saturated carbocycles. The molecule has 5 heteroatoms. The fourth-order valence-corrected chi connectivity index (χ4v) is 2.07. The fraction of sp³-hybridized carbons (Fsp3) is 0.727. The smallest absolute Gasteiger partial charge is 0.133 e. The zero-order valence-corrected chi connectivity index (χ0v) is 11.0. The molecule has 1 unspecified atom stereocenters. The molecule has 0 aromatic carbocycles. The monoisotopic (exact) mass is 246 g/mol. The lowest BCUT2D eigenvalue weighted by molar-refractivity contribution is -0.0758. The van der Waals surface area contributed by atoms with Gasteiger partial charge >= 0.3 is 0 Å². The zero-order chi connectivity index (χ0) is 12.3. The van der Waals surface area contributed by atoms with Crippen molar-refractivity contribution in [3.05, 3.63) is 16.9 Å². The summed E-state index contributed by atoms with van der Waals surface area (Å²) in [7, 11) is 1.56. The zero-order valence-electron chi connectivity index (χ0n) is 10.2. The van der Waals surface area contributed by atoms with Gasteiger partial charge in [0.15, 0.2) is 0 Å². The number of nitrogens with zero attached hydrogens (tertiary/aromatic N) is 2. The first-order valence-corrected chi connectivity index (χ1v) is 5.78. The van der Waals surface area contributed by atoms with Crippen LogP contribution >= 0.6 is 11.6 Å². The maximum atomic E-state index is 10.7. The Morgan fingerprint density at radius 3 is 2.69 bits per heavy atom. The number of ether oxygens (including phenoxy) is 1. The summed E-state index contributed by atoms with van der Waals surface area (Å²) in [6.07, 6.45) is 1.56. The normalized spacial score (nSPS) is 15.4. The third-order valence-electron chi connectivity index (χ3n) is 2.82. The number of hydrogen-bond donors (Lipinski definition) is 1. The van der Waals surface area contributed by atoms with E-state index in [0.717, 1.165) is 0 Å². The van der Waals surface area contributed by atoms with Crippen molar-refractivity contribution in [2.45, 2.75) is 32.9 Å². The van der Waals surface area contributed by atoms with Crippen molar-refractivity contribution in [1.29, 1.82) is 0 Å². The van der Waals surface area contributed by atoms with Crippen LogP contribution in [0.15, 0.2) is 6.20 Å². The lowest BCUT2D eigenvalue weighted by Gasteiger charge is -2.32. The Kier molecular flexibility index (Phi) is 4.35. The van der Waals surface area contributed by atoms with Crippen molar-refractivity contribution < 1.29 is 9.84 Å². The summed E-state index contributed by atoms with van der Waals surface area (Å²) in [6, 6.07) is 0. The van der Waals surface area contributed by atoms with Gasteiger partial charge in [0.05, 0.1) is 23.5 Å². The average molecular weight is 247 g/mol. The molecule has 0 amide bonds. The molecule has 0 fully saturated rings. The molecule has 1 N–H and O–H groups in total. The predicted molar refractivity (Wildman–Crippen MR) is 63.5 cm³/mol. The number of hydrogen-bond acceptors (Lipinski definition) is 3. The fourth-order valence-electron chi connectivity index (χ4n) is 1.76. The van der Waals surface area contributed by atoms with Crippen LogP contribution in [0.2, 0.25) is 5.02 Å². The number of halogens is 1. The highest BCUT2D eigenvalue weighted by Crippen LogP contribution is 2.34. The summed E-state index contributed by atoms with van der Waals surface area (Å²) in [5.41, 5.74) is -0.466. The SMILES string of the molecule is CCn1ncc(Cl)c1C(O)(COC)C(C)C. The van der Waals surface area contributed by atoms with E-state index < -0.39 is 5.60 Å². The average Bonchev–Trinajstić information content (AvgIpc) is 2.59. The largest absolute Gasteiger partial charge is 0.381 e. The number of aromatic nitrogens is 2. The Labute approximate surface area is 101 Å². The molecule has 92 valence electrons. The Morgan fingerprint density at radius 2 is 2.25 bits per heavy atom. The molecule has 4 nitrogen and oxygen atoms in total. The topological polar surface area (TPSA) is 47.3 Å². The first-order chi connectivity index (χ1) is 7.47. The maximum absolute atomic E-state index is 10.7. The molecule has 16 heavy (non-hydrogen) atoms. The molecular weight excluding hydrogens is 228 g/mol. The molecule has 0 bridgehead atoms. The van der Waals surface area contributed by atoms with Gasteiger partial charge in [0, 0.05) is 13.7 Å². The van der Waals surface area contributed by atoms with E-state index in [4.69, 9.17) is 16.3 Å². The van der Waals surface area contributed by atoms with Crippen LogP contribution in [0.25, 0.3) is 0 Å². The van der Waals surface area contributed by atoms with Crippen molar-refractivity contribution in [1.82, 2.24) is 9.78 Å². The minimum Gasteiger partial charge on any atom is -0.381 e. The van der Waals surface area contributed by atoms with Crippen molar-refractivity contribution in [3.63, 3.8) is 0 Å². The van der Waals surface area contributed by atoms with Crippen LogP contribution in [0.1, 0.15) is 26.5 Å². The van der Waals surface area contributed by atoms with Gasteiger partial charge in [-0.3, -0.25) is 4.68 Å². The van der Waals surface area contributed by atoms with Gasteiger partial charge in [0.1, 0.15) is 5.60 Å². The molecule has 0 aliphatic rings. The lowest BCUT2D eigenvalue weighted by atomic mass is 9.87. The molecule has 1 atom stereocenters. The van der Waals surface area contributed by atoms with E-state index in [2.05, 4.69) is 5.10 Å². The Balaban J connectivity index is 3.24. The van der Waals surface area contributed by atoms with Crippen LogP contribution < -0.4 is 0 Å². The van der Waals surface area contributed by atoms with Crippen LogP contribution in [0.3, 0.4) is 0 Å². The Morgan fingerprint density at radius 1 is 1.62 bits per heavy atom. The van der Waals surface area contributed by atoms with Crippen LogP contribution in [0.4, 0.5) is 0 Å². The third-order valence-corrected chi connectivity index (χ3v) is 3.10. The standard InChI is InChI=1S/C11H19ClN2O2/c1-5-14-10(9(12)6-13-14)11(15,7-16-4)8(2)3/h6,8,15H,5,7H2,1-4H3. The van der Waals surface area contributed by atoms with Gasteiger partial charge in [-0.1, -0.05) is 25.4 Å². The van der Waals surface area contributed by atoms with Crippen LogP contribution in [0.5, 0.6) is 0 Å². The number of aryl methyl sites for hydroxylation is 1. The van der Waals surface area contributed by atoms with E-state index >= 15 is 0 Å². The van der Waals surface area contributed by atoms with Gasteiger partial charge in [-0.2, -0.15) is 5.10 Å². The Bertz CT molecular complexity index is 352. The van der Waals surface area contributed by atoms with E-state index in [1.165, 1.54) is 0 Å². The molecule has 1 aromatic rings. The summed E-state index contributed by atoms with van der Waals surface area (Å²) in [5.74, 6) is -0.00745. The van der Waals surface area contributed by atoms with E-state index in [-0.39, 0.29) is 12.5 Å². The van der Waals surface area contributed by atoms with Crippen molar-refractivity contribution in [3.8, 4) is 0 Å². The van der Waals surface area contributed by atoms with Gasteiger partial charge in [-0.15, -0.1) is 0 Å². The molecule has 0 aliphatic carbocycles. The minimum atomic E-state index is -1.10. The molecule has 0 spiro atoms. The van der Waals surface area contributed by atoms with Gasteiger partial charge in [-0.25, -0.2) is 0 Å². The lowest BCUT2D eigenvalue weighted by Crippen LogP contribution is -2.39. The highest BCUT2D eigenvalue weighted by Gasteiger charge is 2.38. The second-order valence-corrected chi connectivity index (χ2v) is 4.58. The Hall–Kier alpha value is -0.580. The summed E-state index contributed by atoms with van der Waals surface area (Å²) < 4.78 is 6.81. The summed E-state index contributed by atoms with van der Waals surface area (Å²) in [6.45, 7) is 6.70. The third kappa shape index (κ3) is 2.24.